The first-order valence-corrected chi connectivity index (χ1v) is 6.17. The molecule has 3 aliphatic rings. The molecule has 2 heterocycles. The minimum atomic E-state index is 0.275. The molecule has 0 aromatic heterocycles. The van der Waals surface area contributed by atoms with Gasteiger partial charge in [0.05, 0.1) is 0 Å². The van der Waals surface area contributed by atoms with Crippen LogP contribution in [0, 0.1) is 17.3 Å². The van der Waals surface area contributed by atoms with Gasteiger partial charge >= 0.3 is 0 Å². The van der Waals surface area contributed by atoms with Crippen molar-refractivity contribution in [1.29, 1.82) is 0 Å². The Morgan fingerprint density at radius 2 is 1.93 bits per heavy atom. The van der Waals surface area contributed by atoms with Crippen LogP contribution in [-0.4, -0.2) is 23.4 Å². The molecular formula is C13H23NO. The molecule has 0 radical (unpaired) electrons. The summed E-state index contributed by atoms with van der Waals surface area (Å²) in [5.41, 5.74) is 0.409. The van der Waals surface area contributed by atoms with Gasteiger partial charge in [0.1, 0.15) is 0 Å². The Morgan fingerprint density at radius 3 is 2.33 bits per heavy atom. The molecule has 3 rings (SSSR count). The first kappa shape index (κ1) is 11.0. The molecule has 1 aliphatic carbocycles. The average Bonchev–Trinajstić information content (AvgIpc) is 2.16. The maximum Gasteiger partial charge on any atom is 0.219 e. The van der Waals surface area contributed by atoms with Crippen LogP contribution in [0.15, 0.2) is 0 Å². The summed E-state index contributed by atoms with van der Waals surface area (Å²) in [6.45, 7) is 9.76. The van der Waals surface area contributed by atoms with Crippen LogP contribution in [0.2, 0.25) is 0 Å². The Morgan fingerprint density at radius 1 is 1.27 bits per heavy atom. The molecular weight excluding hydrogens is 186 g/mol. The molecule has 0 spiro atoms. The summed E-state index contributed by atoms with van der Waals surface area (Å²) in [6, 6.07) is 0.539. The molecule has 2 nitrogen and oxygen atoms in total. The van der Waals surface area contributed by atoms with Gasteiger partial charge in [-0.15, -0.1) is 0 Å². The highest BCUT2D eigenvalue weighted by Gasteiger charge is 2.45. The first-order chi connectivity index (χ1) is 6.89. The fourth-order valence-corrected chi connectivity index (χ4v) is 3.56. The van der Waals surface area contributed by atoms with E-state index >= 15 is 0 Å². The van der Waals surface area contributed by atoms with Gasteiger partial charge < -0.3 is 4.90 Å². The van der Waals surface area contributed by atoms with Gasteiger partial charge in [-0.3, -0.25) is 4.79 Å². The molecule has 2 heteroatoms. The molecule has 2 aliphatic heterocycles. The summed E-state index contributed by atoms with van der Waals surface area (Å²) in [7, 11) is 0. The van der Waals surface area contributed by atoms with Crippen LogP contribution >= 0.6 is 0 Å². The molecule has 0 aromatic carbocycles. The van der Waals surface area contributed by atoms with Crippen molar-refractivity contribution in [2.24, 2.45) is 17.3 Å². The van der Waals surface area contributed by atoms with Crippen molar-refractivity contribution in [2.75, 3.05) is 6.54 Å². The highest BCUT2D eigenvalue weighted by atomic mass is 16.2. The van der Waals surface area contributed by atoms with Crippen molar-refractivity contribution in [2.45, 2.75) is 53.0 Å². The third-order valence-electron chi connectivity index (χ3n) is 4.35. The second-order valence-corrected chi connectivity index (χ2v) is 6.37. The van der Waals surface area contributed by atoms with Gasteiger partial charge in [0, 0.05) is 19.5 Å². The van der Waals surface area contributed by atoms with E-state index in [4.69, 9.17) is 0 Å². The van der Waals surface area contributed by atoms with E-state index in [0.29, 0.717) is 11.5 Å². The van der Waals surface area contributed by atoms with Gasteiger partial charge in [-0.25, -0.2) is 0 Å². The van der Waals surface area contributed by atoms with Crippen LogP contribution in [0.4, 0.5) is 0 Å². The molecule has 1 amide bonds. The number of hydrogen-bond acceptors (Lipinski definition) is 1. The topological polar surface area (TPSA) is 20.3 Å². The lowest BCUT2D eigenvalue weighted by atomic mass is 9.62. The highest BCUT2D eigenvalue weighted by Crippen LogP contribution is 2.47. The van der Waals surface area contributed by atoms with E-state index in [9.17, 15) is 4.79 Å². The number of carbonyl (C=O) groups excluding carboxylic acids is 1. The van der Waals surface area contributed by atoms with Crippen LogP contribution in [0.1, 0.15) is 47.0 Å². The molecule has 15 heavy (non-hydrogen) atoms. The highest BCUT2D eigenvalue weighted by molar-refractivity contribution is 5.73. The summed E-state index contributed by atoms with van der Waals surface area (Å²) < 4.78 is 0. The maximum atomic E-state index is 11.5. The first-order valence-electron chi connectivity index (χ1n) is 6.17. The minimum Gasteiger partial charge on any atom is -0.340 e. The van der Waals surface area contributed by atoms with Crippen molar-refractivity contribution in [3.05, 3.63) is 0 Å². The van der Waals surface area contributed by atoms with E-state index in [1.807, 2.05) is 0 Å². The molecule has 1 saturated carbocycles. The SMILES string of the molecule is CC(=O)N1C[C@H]2CC[C@@H]1CC2C(C)(C)C. The molecule has 3 fully saturated rings. The predicted octanol–water partition coefficient (Wildman–Crippen LogP) is 2.68. The third-order valence-corrected chi connectivity index (χ3v) is 4.35. The van der Waals surface area contributed by atoms with Crippen LogP contribution < -0.4 is 0 Å². The lowest BCUT2D eigenvalue weighted by Crippen LogP contribution is -2.55. The Balaban J connectivity index is 2.12. The number of rotatable bonds is 0. The van der Waals surface area contributed by atoms with E-state index in [0.717, 1.165) is 18.4 Å². The zero-order valence-corrected chi connectivity index (χ0v) is 10.4. The number of fused-ring (bicyclic) bond motifs is 3. The number of amides is 1. The summed E-state index contributed by atoms with van der Waals surface area (Å²) in [5.74, 6) is 1.84. The Labute approximate surface area is 93.0 Å². The van der Waals surface area contributed by atoms with Gasteiger partial charge in [0.25, 0.3) is 0 Å². The number of hydrogen-bond donors (Lipinski definition) is 0. The summed E-state index contributed by atoms with van der Waals surface area (Å²) in [4.78, 5) is 13.6. The Kier molecular flexibility index (Phi) is 2.56. The lowest BCUT2D eigenvalue weighted by Gasteiger charge is -2.53. The van der Waals surface area contributed by atoms with E-state index in [1.165, 1.54) is 19.3 Å². The largest absolute Gasteiger partial charge is 0.340 e. The molecule has 86 valence electrons. The predicted molar refractivity (Wildman–Crippen MR) is 61.5 cm³/mol. The lowest BCUT2D eigenvalue weighted by molar-refractivity contribution is -0.140. The van der Waals surface area contributed by atoms with Crippen LogP contribution in [0.3, 0.4) is 0 Å². The molecule has 2 saturated heterocycles. The number of piperidine rings is 2. The van der Waals surface area contributed by atoms with Crippen molar-refractivity contribution < 1.29 is 4.79 Å². The number of carbonyl (C=O) groups is 1. The van der Waals surface area contributed by atoms with E-state index in [-0.39, 0.29) is 5.91 Å². The summed E-state index contributed by atoms with van der Waals surface area (Å²) >= 11 is 0. The van der Waals surface area contributed by atoms with Crippen LogP contribution in [-0.2, 0) is 4.79 Å². The monoisotopic (exact) mass is 209 g/mol. The van der Waals surface area contributed by atoms with Gasteiger partial charge in [-0.05, 0) is 36.5 Å². The van der Waals surface area contributed by atoms with E-state index in [1.54, 1.807) is 6.92 Å². The van der Waals surface area contributed by atoms with Crippen molar-refractivity contribution in [3.8, 4) is 0 Å². The van der Waals surface area contributed by atoms with Crippen molar-refractivity contribution in [1.82, 2.24) is 4.90 Å². The van der Waals surface area contributed by atoms with Crippen molar-refractivity contribution in [3.63, 3.8) is 0 Å². The fraction of sp³-hybridized carbons (Fsp3) is 0.923. The second kappa shape index (κ2) is 3.50. The van der Waals surface area contributed by atoms with Gasteiger partial charge in [-0.2, -0.15) is 0 Å². The average molecular weight is 209 g/mol. The molecule has 0 N–H and O–H groups in total. The second-order valence-electron chi connectivity index (χ2n) is 6.37. The Hall–Kier alpha value is -0.530. The molecule has 3 atom stereocenters. The van der Waals surface area contributed by atoms with Crippen LogP contribution in [0.25, 0.3) is 0 Å². The van der Waals surface area contributed by atoms with E-state index < -0.39 is 0 Å². The maximum absolute atomic E-state index is 11.5. The van der Waals surface area contributed by atoms with Crippen LogP contribution in [0.5, 0.6) is 0 Å². The zero-order chi connectivity index (χ0) is 11.2. The fourth-order valence-electron chi connectivity index (χ4n) is 3.56. The van der Waals surface area contributed by atoms with Gasteiger partial charge in [-0.1, -0.05) is 20.8 Å². The molecule has 0 aromatic rings. The molecule has 2 bridgehead atoms. The smallest absolute Gasteiger partial charge is 0.219 e. The van der Waals surface area contributed by atoms with Crippen molar-refractivity contribution >= 4 is 5.91 Å². The van der Waals surface area contributed by atoms with Gasteiger partial charge in [0.15, 0.2) is 0 Å². The Bertz CT molecular complexity index is 266. The molecule has 1 unspecified atom stereocenters. The summed E-state index contributed by atoms with van der Waals surface area (Å²) in [5, 5.41) is 0. The van der Waals surface area contributed by atoms with Gasteiger partial charge in [0.2, 0.25) is 5.91 Å². The normalized spacial score (nSPS) is 35.7. The number of nitrogens with zero attached hydrogens (tertiary/aromatic N) is 1. The zero-order valence-electron chi connectivity index (χ0n) is 10.4. The standard InChI is InChI=1S/C13H23NO/c1-9(15)14-8-10-5-6-11(14)7-12(10)13(2,3)4/h10-12H,5-8H2,1-4H3/t10-,11-,12?/m1/s1. The quantitative estimate of drug-likeness (QED) is 0.600. The third kappa shape index (κ3) is 1.91. The minimum absolute atomic E-state index is 0.275. The summed E-state index contributed by atoms with van der Waals surface area (Å²) in [6.07, 6.45) is 3.79. The van der Waals surface area contributed by atoms with E-state index in [2.05, 4.69) is 25.7 Å².